The largest absolute Gasteiger partial charge is 0.465 e. The Bertz CT molecular complexity index is 723. The van der Waals surface area contributed by atoms with Crippen LogP contribution >= 0.6 is 0 Å². The van der Waals surface area contributed by atoms with E-state index in [0.29, 0.717) is 48.7 Å². The molecule has 2 rings (SSSR count). The lowest BCUT2D eigenvalue weighted by atomic mass is 10.1. The molecule has 0 atom stereocenters. The van der Waals surface area contributed by atoms with Crippen LogP contribution in [0.2, 0.25) is 0 Å². The molecule has 0 aliphatic rings. The van der Waals surface area contributed by atoms with Crippen molar-refractivity contribution in [3.63, 3.8) is 0 Å². The number of esters is 1. The number of hydrogen-bond donors (Lipinski definition) is 2. The first kappa shape index (κ1) is 18.7. The minimum atomic E-state index is -0.445. The number of carbonyl (C=O) groups is 2. The van der Waals surface area contributed by atoms with Crippen LogP contribution in [0.15, 0.2) is 30.3 Å². The van der Waals surface area contributed by atoms with Gasteiger partial charge < -0.3 is 19.8 Å². The maximum atomic E-state index is 12.3. The predicted molar refractivity (Wildman–Crippen MR) is 94.7 cm³/mol. The molecule has 134 valence electrons. The van der Waals surface area contributed by atoms with E-state index in [0.717, 1.165) is 5.56 Å². The average Bonchev–Trinajstić information content (AvgIpc) is 2.92. The first-order chi connectivity index (χ1) is 12.0. The third-order valence-corrected chi connectivity index (χ3v) is 3.92. The van der Waals surface area contributed by atoms with Gasteiger partial charge in [0, 0.05) is 18.8 Å². The van der Waals surface area contributed by atoms with E-state index in [1.54, 1.807) is 13.8 Å². The maximum Gasteiger partial charge on any atom is 0.339 e. The van der Waals surface area contributed by atoms with Gasteiger partial charge in [0.1, 0.15) is 5.69 Å². The number of nitrogens with one attached hydrogen (secondary N) is 2. The number of H-pyrrole nitrogens is 1. The number of benzene rings is 1. The highest BCUT2D eigenvalue weighted by molar-refractivity contribution is 6.00. The van der Waals surface area contributed by atoms with Crippen molar-refractivity contribution in [1.82, 2.24) is 10.3 Å². The van der Waals surface area contributed by atoms with Crippen LogP contribution < -0.4 is 5.32 Å². The Balaban J connectivity index is 1.76. The smallest absolute Gasteiger partial charge is 0.339 e. The number of aryl methyl sites for hydroxylation is 1. The molecule has 1 heterocycles. The quantitative estimate of drug-likeness (QED) is 0.570. The molecule has 6 nitrogen and oxygen atoms in total. The molecule has 1 aromatic heterocycles. The van der Waals surface area contributed by atoms with Gasteiger partial charge in [-0.2, -0.15) is 0 Å². The summed E-state index contributed by atoms with van der Waals surface area (Å²) in [4.78, 5) is 27.0. The number of amides is 1. The Morgan fingerprint density at radius 2 is 1.88 bits per heavy atom. The Labute approximate surface area is 147 Å². The number of aromatic nitrogens is 1. The highest BCUT2D eigenvalue weighted by Crippen LogP contribution is 2.18. The van der Waals surface area contributed by atoms with Gasteiger partial charge in [-0.25, -0.2) is 4.79 Å². The van der Waals surface area contributed by atoms with E-state index >= 15 is 0 Å². The van der Waals surface area contributed by atoms with Gasteiger partial charge in [0.15, 0.2) is 0 Å². The van der Waals surface area contributed by atoms with Crippen molar-refractivity contribution in [3.8, 4) is 0 Å². The van der Waals surface area contributed by atoms with Crippen LogP contribution in [0.1, 0.15) is 44.1 Å². The van der Waals surface area contributed by atoms with Crippen molar-refractivity contribution >= 4 is 11.9 Å². The SMILES string of the molecule is COC(=O)c1c(C)[nH]c(C(=O)NCCCOCc2ccccc2)c1C. The molecule has 6 heteroatoms. The van der Waals surface area contributed by atoms with Crippen LogP contribution in [-0.4, -0.2) is 37.1 Å². The topological polar surface area (TPSA) is 80.4 Å². The molecule has 0 radical (unpaired) electrons. The number of aromatic amines is 1. The third-order valence-electron chi connectivity index (χ3n) is 3.92. The van der Waals surface area contributed by atoms with E-state index in [1.807, 2.05) is 30.3 Å². The van der Waals surface area contributed by atoms with E-state index in [2.05, 4.69) is 10.3 Å². The number of rotatable bonds is 8. The summed E-state index contributed by atoms with van der Waals surface area (Å²) in [6, 6.07) is 9.94. The van der Waals surface area contributed by atoms with E-state index < -0.39 is 5.97 Å². The molecule has 25 heavy (non-hydrogen) atoms. The van der Waals surface area contributed by atoms with Crippen molar-refractivity contribution in [2.45, 2.75) is 26.9 Å². The molecule has 2 N–H and O–H groups in total. The second kappa shape index (κ2) is 9.03. The summed E-state index contributed by atoms with van der Waals surface area (Å²) < 4.78 is 10.3. The van der Waals surface area contributed by atoms with Crippen molar-refractivity contribution in [2.75, 3.05) is 20.3 Å². The van der Waals surface area contributed by atoms with E-state index in [4.69, 9.17) is 9.47 Å². The fourth-order valence-corrected chi connectivity index (χ4v) is 2.61. The van der Waals surface area contributed by atoms with Crippen molar-refractivity contribution in [1.29, 1.82) is 0 Å². The molecule has 0 unspecified atom stereocenters. The van der Waals surface area contributed by atoms with Gasteiger partial charge in [0.2, 0.25) is 0 Å². The lowest BCUT2D eigenvalue weighted by Crippen LogP contribution is -2.26. The average molecular weight is 344 g/mol. The van der Waals surface area contributed by atoms with Gasteiger partial charge >= 0.3 is 5.97 Å². The van der Waals surface area contributed by atoms with Gasteiger partial charge in [-0.3, -0.25) is 4.79 Å². The number of methoxy groups -OCH3 is 1. The van der Waals surface area contributed by atoms with E-state index in [9.17, 15) is 9.59 Å². The molecule has 0 aliphatic heterocycles. The molecular weight excluding hydrogens is 320 g/mol. The lowest BCUT2D eigenvalue weighted by Gasteiger charge is -2.06. The minimum absolute atomic E-state index is 0.237. The Morgan fingerprint density at radius 3 is 2.56 bits per heavy atom. The molecule has 0 bridgehead atoms. The summed E-state index contributed by atoms with van der Waals surface area (Å²) in [6.45, 7) is 5.09. The Hall–Kier alpha value is -2.60. The summed E-state index contributed by atoms with van der Waals surface area (Å²) >= 11 is 0. The Morgan fingerprint density at radius 1 is 1.16 bits per heavy atom. The summed E-state index contributed by atoms with van der Waals surface area (Å²) in [5.74, 6) is -0.682. The Kier molecular flexibility index (Phi) is 6.77. The molecule has 1 aromatic carbocycles. The van der Waals surface area contributed by atoms with Crippen molar-refractivity contribution < 1.29 is 19.1 Å². The fraction of sp³-hybridized carbons (Fsp3) is 0.368. The van der Waals surface area contributed by atoms with Crippen molar-refractivity contribution in [3.05, 3.63) is 58.4 Å². The van der Waals surface area contributed by atoms with Crippen LogP contribution in [0, 0.1) is 13.8 Å². The number of hydrogen-bond acceptors (Lipinski definition) is 4. The number of carbonyl (C=O) groups excluding carboxylic acids is 2. The highest BCUT2D eigenvalue weighted by Gasteiger charge is 2.22. The zero-order valence-electron chi connectivity index (χ0n) is 14.8. The second-order valence-electron chi connectivity index (χ2n) is 5.76. The summed E-state index contributed by atoms with van der Waals surface area (Å²) in [6.07, 6.45) is 0.709. The molecule has 0 saturated carbocycles. The predicted octanol–water partition coefficient (Wildman–Crippen LogP) is 2.75. The minimum Gasteiger partial charge on any atom is -0.465 e. The fourth-order valence-electron chi connectivity index (χ4n) is 2.61. The van der Waals surface area contributed by atoms with Crippen molar-refractivity contribution in [2.24, 2.45) is 0 Å². The van der Waals surface area contributed by atoms with Gasteiger partial charge in [-0.1, -0.05) is 30.3 Å². The standard InChI is InChI=1S/C19H24N2O4/c1-13-16(19(23)24-3)14(2)21-17(13)18(22)20-10-7-11-25-12-15-8-5-4-6-9-15/h4-6,8-9,21H,7,10-12H2,1-3H3,(H,20,22). The summed E-state index contributed by atoms with van der Waals surface area (Å²) in [5.41, 5.74) is 3.16. The first-order valence-electron chi connectivity index (χ1n) is 8.22. The van der Waals surface area contributed by atoms with E-state index in [1.165, 1.54) is 7.11 Å². The van der Waals surface area contributed by atoms with E-state index in [-0.39, 0.29) is 5.91 Å². The molecule has 0 fully saturated rings. The second-order valence-corrected chi connectivity index (χ2v) is 5.76. The van der Waals surface area contributed by atoms with Crippen LogP contribution in [0.4, 0.5) is 0 Å². The first-order valence-corrected chi connectivity index (χ1v) is 8.22. The summed E-state index contributed by atoms with van der Waals surface area (Å²) in [5, 5.41) is 2.83. The molecular formula is C19H24N2O4. The van der Waals surface area contributed by atoms with Crippen LogP contribution in [-0.2, 0) is 16.1 Å². The third kappa shape index (κ3) is 4.93. The normalized spacial score (nSPS) is 10.5. The molecule has 0 saturated heterocycles. The van der Waals surface area contributed by atoms with Gasteiger partial charge in [-0.15, -0.1) is 0 Å². The van der Waals surface area contributed by atoms with Gasteiger partial charge in [-0.05, 0) is 31.4 Å². The van der Waals surface area contributed by atoms with Crippen LogP contribution in [0.3, 0.4) is 0 Å². The van der Waals surface area contributed by atoms with Crippen LogP contribution in [0.5, 0.6) is 0 Å². The summed E-state index contributed by atoms with van der Waals surface area (Å²) in [7, 11) is 1.32. The zero-order valence-corrected chi connectivity index (χ0v) is 14.8. The van der Waals surface area contributed by atoms with Crippen LogP contribution in [0.25, 0.3) is 0 Å². The molecule has 2 aromatic rings. The lowest BCUT2D eigenvalue weighted by molar-refractivity contribution is 0.0599. The molecule has 0 spiro atoms. The highest BCUT2D eigenvalue weighted by atomic mass is 16.5. The monoisotopic (exact) mass is 344 g/mol. The number of ether oxygens (including phenoxy) is 2. The molecule has 0 aliphatic carbocycles. The van der Waals surface area contributed by atoms with Gasteiger partial charge in [0.05, 0.1) is 19.3 Å². The maximum absolute atomic E-state index is 12.3. The molecule has 1 amide bonds. The zero-order chi connectivity index (χ0) is 18.2. The van der Waals surface area contributed by atoms with Gasteiger partial charge in [0.25, 0.3) is 5.91 Å².